The fraction of sp³-hybridized carbons (Fsp3) is 0.500. The molecule has 6 heteroatoms. The molecule has 1 saturated carbocycles. The van der Waals surface area contributed by atoms with Gasteiger partial charge in [0.2, 0.25) is 5.91 Å². The SMILES string of the molecule is CC(Nc1ccc(C(=O)N(C)C)cn1)C(=O)NC1CC1. The third-order valence-electron chi connectivity index (χ3n) is 3.10. The van der Waals surface area contributed by atoms with Crippen LogP contribution < -0.4 is 10.6 Å². The monoisotopic (exact) mass is 276 g/mol. The molecule has 0 aromatic carbocycles. The smallest absolute Gasteiger partial charge is 0.254 e. The third kappa shape index (κ3) is 3.69. The summed E-state index contributed by atoms with van der Waals surface area (Å²) in [6, 6.07) is 3.40. The highest BCUT2D eigenvalue weighted by molar-refractivity contribution is 5.93. The first-order chi connectivity index (χ1) is 9.47. The largest absolute Gasteiger partial charge is 0.359 e. The normalized spacial score (nSPS) is 15.3. The van der Waals surface area contributed by atoms with E-state index in [1.165, 1.54) is 11.1 Å². The van der Waals surface area contributed by atoms with Gasteiger partial charge in [-0.25, -0.2) is 4.98 Å². The molecule has 1 aliphatic rings. The van der Waals surface area contributed by atoms with Gasteiger partial charge in [0.25, 0.3) is 5.91 Å². The van der Waals surface area contributed by atoms with Crippen LogP contribution in [-0.2, 0) is 4.79 Å². The van der Waals surface area contributed by atoms with Crippen LogP contribution in [0.25, 0.3) is 0 Å². The van der Waals surface area contributed by atoms with Gasteiger partial charge >= 0.3 is 0 Å². The number of carbonyl (C=O) groups excluding carboxylic acids is 2. The zero-order chi connectivity index (χ0) is 14.7. The summed E-state index contributed by atoms with van der Waals surface area (Å²) in [5, 5.41) is 5.95. The lowest BCUT2D eigenvalue weighted by Gasteiger charge is -2.15. The molecule has 6 nitrogen and oxygen atoms in total. The quantitative estimate of drug-likeness (QED) is 0.836. The Morgan fingerprint density at radius 1 is 1.35 bits per heavy atom. The lowest BCUT2D eigenvalue weighted by molar-refractivity contribution is -0.121. The lowest BCUT2D eigenvalue weighted by atomic mass is 10.2. The van der Waals surface area contributed by atoms with E-state index in [1.54, 1.807) is 33.2 Å². The number of pyridine rings is 1. The first kappa shape index (κ1) is 14.3. The van der Waals surface area contributed by atoms with E-state index in [4.69, 9.17) is 0 Å². The maximum Gasteiger partial charge on any atom is 0.254 e. The minimum Gasteiger partial charge on any atom is -0.359 e. The molecule has 0 spiro atoms. The fourth-order valence-corrected chi connectivity index (χ4v) is 1.71. The van der Waals surface area contributed by atoms with E-state index >= 15 is 0 Å². The second kappa shape index (κ2) is 5.90. The molecule has 0 radical (unpaired) electrons. The number of aromatic nitrogens is 1. The molecule has 108 valence electrons. The number of hydrogen-bond acceptors (Lipinski definition) is 4. The van der Waals surface area contributed by atoms with Crippen molar-refractivity contribution in [1.29, 1.82) is 0 Å². The van der Waals surface area contributed by atoms with E-state index in [1.807, 2.05) is 0 Å². The van der Waals surface area contributed by atoms with Crippen molar-refractivity contribution in [2.24, 2.45) is 0 Å². The molecule has 0 aliphatic heterocycles. The molecule has 2 amide bonds. The van der Waals surface area contributed by atoms with Crippen LogP contribution in [-0.4, -0.2) is 47.9 Å². The molecular formula is C14H20N4O2. The summed E-state index contributed by atoms with van der Waals surface area (Å²) in [6.45, 7) is 1.79. The van der Waals surface area contributed by atoms with Crippen LogP contribution in [0.5, 0.6) is 0 Å². The zero-order valence-corrected chi connectivity index (χ0v) is 12.0. The van der Waals surface area contributed by atoms with E-state index in [9.17, 15) is 9.59 Å². The molecule has 1 atom stereocenters. The summed E-state index contributed by atoms with van der Waals surface area (Å²) >= 11 is 0. The first-order valence-electron chi connectivity index (χ1n) is 6.72. The van der Waals surface area contributed by atoms with Crippen molar-refractivity contribution < 1.29 is 9.59 Å². The number of nitrogens with zero attached hydrogens (tertiary/aromatic N) is 2. The molecule has 20 heavy (non-hydrogen) atoms. The maximum absolute atomic E-state index is 11.8. The zero-order valence-electron chi connectivity index (χ0n) is 12.0. The summed E-state index contributed by atoms with van der Waals surface area (Å²) in [4.78, 5) is 29.2. The van der Waals surface area contributed by atoms with Crippen LogP contribution in [0.4, 0.5) is 5.82 Å². The van der Waals surface area contributed by atoms with Gasteiger partial charge in [-0.15, -0.1) is 0 Å². The molecule has 2 N–H and O–H groups in total. The molecule has 2 rings (SSSR count). The molecule has 1 aromatic heterocycles. The summed E-state index contributed by atoms with van der Waals surface area (Å²) in [5.74, 6) is 0.463. The van der Waals surface area contributed by atoms with Gasteiger partial charge < -0.3 is 15.5 Å². The van der Waals surface area contributed by atoms with Crippen molar-refractivity contribution in [2.75, 3.05) is 19.4 Å². The summed E-state index contributed by atoms with van der Waals surface area (Å²) in [5.41, 5.74) is 0.524. The Morgan fingerprint density at radius 2 is 2.05 bits per heavy atom. The fourth-order valence-electron chi connectivity index (χ4n) is 1.71. The minimum absolute atomic E-state index is 0.0252. The van der Waals surface area contributed by atoms with E-state index in [-0.39, 0.29) is 17.9 Å². The Bertz CT molecular complexity index is 494. The molecule has 1 aromatic rings. The Hall–Kier alpha value is -2.11. The van der Waals surface area contributed by atoms with Crippen molar-refractivity contribution in [3.05, 3.63) is 23.9 Å². The summed E-state index contributed by atoms with van der Waals surface area (Å²) < 4.78 is 0. The number of hydrogen-bond donors (Lipinski definition) is 2. The number of anilines is 1. The highest BCUT2D eigenvalue weighted by Gasteiger charge is 2.25. The highest BCUT2D eigenvalue weighted by atomic mass is 16.2. The molecular weight excluding hydrogens is 256 g/mol. The average Bonchev–Trinajstić information content (AvgIpc) is 3.22. The van der Waals surface area contributed by atoms with Crippen molar-refractivity contribution in [3.63, 3.8) is 0 Å². The summed E-state index contributed by atoms with van der Waals surface area (Å²) in [7, 11) is 3.39. The number of nitrogens with one attached hydrogen (secondary N) is 2. The molecule has 1 fully saturated rings. The second-order valence-electron chi connectivity index (χ2n) is 5.28. The van der Waals surface area contributed by atoms with Gasteiger partial charge in [-0.05, 0) is 31.9 Å². The van der Waals surface area contributed by atoms with Crippen LogP contribution in [0.1, 0.15) is 30.1 Å². The highest BCUT2D eigenvalue weighted by Crippen LogP contribution is 2.18. The van der Waals surface area contributed by atoms with Gasteiger partial charge in [0.1, 0.15) is 11.9 Å². The van der Waals surface area contributed by atoms with E-state index in [0.29, 0.717) is 17.4 Å². The van der Waals surface area contributed by atoms with Crippen molar-refractivity contribution in [1.82, 2.24) is 15.2 Å². The first-order valence-corrected chi connectivity index (χ1v) is 6.72. The predicted molar refractivity (Wildman–Crippen MR) is 76.5 cm³/mol. The predicted octanol–water partition coefficient (Wildman–Crippen LogP) is 0.862. The maximum atomic E-state index is 11.8. The molecule has 1 unspecified atom stereocenters. The van der Waals surface area contributed by atoms with Gasteiger partial charge in [-0.2, -0.15) is 0 Å². The minimum atomic E-state index is -0.349. The van der Waals surface area contributed by atoms with Crippen LogP contribution in [0, 0.1) is 0 Å². The molecule has 1 aliphatic carbocycles. The van der Waals surface area contributed by atoms with E-state index in [0.717, 1.165) is 12.8 Å². The van der Waals surface area contributed by atoms with Gasteiger partial charge in [0.05, 0.1) is 5.56 Å². The number of amides is 2. The van der Waals surface area contributed by atoms with Gasteiger partial charge in [-0.3, -0.25) is 9.59 Å². The van der Waals surface area contributed by atoms with Crippen molar-refractivity contribution >= 4 is 17.6 Å². The number of carbonyl (C=O) groups is 2. The van der Waals surface area contributed by atoms with Gasteiger partial charge in [0.15, 0.2) is 0 Å². The summed E-state index contributed by atoms with van der Waals surface area (Å²) in [6.07, 6.45) is 3.65. The molecule has 1 heterocycles. The Morgan fingerprint density at radius 3 is 2.55 bits per heavy atom. The Labute approximate surface area is 118 Å². The average molecular weight is 276 g/mol. The number of rotatable bonds is 5. The second-order valence-corrected chi connectivity index (χ2v) is 5.28. The standard InChI is InChI=1S/C14H20N4O2/c1-9(13(19)17-11-5-6-11)16-12-7-4-10(8-15-12)14(20)18(2)3/h4,7-9,11H,5-6H2,1-3H3,(H,15,16)(H,17,19). The topological polar surface area (TPSA) is 74.3 Å². The van der Waals surface area contributed by atoms with Crippen LogP contribution in [0.2, 0.25) is 0 Å². The van der Waals surface area contributed by atoms with E-state index in [2.05, 4.69) is 15.6 Å². The lowest BCUT2D eigenvalue weighted by Crippen LogP contribution is -2.38. The van der Waals surface area contributed by atoms with Gasteiger partial charge in [0, 0.05) is 26.3 Å². The van der Waals surface area contributed by atoms with Crippen molar-refractivity contribution in [3.8, 4) is 0 Å². The van der Waals surface area contributed by atoms with Crippen LogP contribution >= 0.6 is 0 Å². The van der Waals surface area contributed by atoms with Gasteiger partial charge in [-0.1, -0.05) is 0 Å². The van der Waals surface area contributed by atoms with Crippen molar-refractivity contribution in [2.45, 2.75) is 31.8 Å². The third-order valence-corrected chi connectivity index (χ3v) is 3.10. The Kier molecular flexibility index (Phi) is 4.22. The van der Waals surface area contributed by atoms with Crippen LogP contribution in [0.15, 0.2) is 18.3 Å². The Balaban J connectivity index is 1.92. The van der Waals surface area contributed by atoms with Crippen LogP contribution in [0.3, 0.4) is 0 Å². The molecule has 0 saturated heterocycles. The van der Waals surface area contributed by atoms with E-state index < -0.39 is 0 Å². The molecule has 0 bridgehead atoms.